The summed E-state index contributed by atoms with van der Waals surface area (Å²) in [5.74, 6) is -0.153. The van der Waals surface area contributed by atoms with Gasteiger partial charge in [0.15, 0.2) is 10.7 Å². The van der Waals surface area contributed by atoms with E-state index < -0.39 is 5.97 Å². The molecule has 1 aromatic carbocycles. The molecular weight excluding hydrogens is 324 g/mol. The number of methoxy groups -OCH3 is 1. The van der Waals surface area contributed by atoms with Crippen molar-refractivity contribution in [3.05, 3.63) is 40.5 Å². The number of ether oxygens (including phenoxy) is 1. The predicted molar refractivity (Wildman–Crippen MR) is 95.4 cm³/mol. The van der Waals surface area contributed by atoms with Crippen molar-refractivity contribution in [2.24, 2.45) is 0 Å². The number of carboxylic acids is 1. The molecule has 1 N–H and O–H groups in total. The molecule has 0 radical (unpaired) electrons. The first-order valence-corrected chi connectivity index (χ1v) is 8.83. The Morgan fingerprint density at radius 2 is 2.00 bits per heavy atom. The van der Waals surface area contributed by atoms with Crippen LogP contribution in [0.3, 0.4) is 0 Å². The van der Waals surface area contributed by atoms with Gasteiger partial charge in [0.25, 0.3) is 0 Å². The van der Waals surface area contributed by atoms with Gasteiger partial charge in [-0.1, -0.05) is 20.3 Å². The molecule has 0 saturated heterocycles. The molecule has 2 aromatic heterocycles. The summed E-state index contributed by atoms with van der Waals surface area (Å²) in [5, 5.41) is 9.74. The van der Waals surface area contributed by atoms with Gasteiger partial charge in [-0.25, -0.2) is 9.78 Å². The van der Waals surface area contributed by atoms with Gasteiger partial charge >= 0.3 is 5.97 Å². The molecular formula is C18H20N2O3S. The molecule has 24 heavy (non-hydrogen) atoms. The van der Waals surface area contributed by atoms with Crippen LogP contribution in [-0.4, -0.2) is 27.6 Å². The normalized spacial score (nSPS) is 11.1. The second-order valence-electron chi connectivity index (χ2n) is 5.54. The van der Waals surface area contributed by atoms with Crippen LogP contribution >= 0.6 is 11.3 Å². The number of carboxylic acid groups (broad SMARTS) is 1. The molecule has 0 saturated carbocycles. The summed E-state index contributed by atoms with van der Waals surface area (Å²) in [6.45, 7) is 4.10. The van der Waals surface area contributed by atoms with E-state index in [2.05, 4.69) is 11.9 Å². The van der Waals surface area contributed by atoms with Crippen molar-refractivity contribution in [3.8, 4) is 17.0 Å². The van der Waals surface area contributed by atoms with Gasteiger partial charge < -0.3 is 9.84 Å². The lowest BCUT2D eigenvalue weighted by Gasteiger charge is -2.07. The van der Waals surface area contributed by atoms with Crippen LogP contribution in [-0.2, 0) is 12.8 Å². The number of imidazole rings is 1. The third kappa shape index (κ3) is 2.67. The Balaban J connectivity index is 2.29. The third-order valence-electron chi connectivity index (χ3n) is 4.00. The van der Waals surface area contributed by atoms with Crippen LogP contribution in [0.4, 0.5) is 0 Å². The van der Waals surface area contributed by atoms with Crippen LogP contribution in [0.25, 0.3) is 16.2 Å². The Bertz CT molecular complexity index is 878. The predicted octanol–water partition coefficient (Wildman–Crippen LogP) is 4.28. The van der Waals surface area contributed by atoms with E-state index in [1.54, 1.807) is 22.8 Å². The molecule has 3 rings (SSSR count). The summed E-state index contributed by atoms with van der Waals surface area (Å²) in [7, 11) is 1.63. The highest BCUT2D eigenvalue weighted by atomic mass is 32.1. The van der Waals surface area contributed by atoms with Crippen molar-refractivity contribution >= 4 is 22.3 Å². The molecule has 2 heterocycles. The lowest BCUT2D eigenvalue weighted by Crippen LogP contribution is -2.06. The first-order chi connectivity index (χ1) is 11.6. The van der Waals surface area contributed by atoms with E-state index in [9.17, 15) is 9.90 Å². The molecule has 3 aromatic rings. The number of aromatic carboxylic acids is 1. The van der Waals surface area contributed by atoms with Crippen LogP contribution in [0, 0.1) is 0 Å². The van der Waals surface area contributed by atoms with E-state index >= 15 is 0 Å². The van der Waals surface area contributed by atoms with Crippen LogP contribution in [0.5, 0.6) is 5.75 Å². The first kappa shape index (κ1) is 16.5. The molecule has 126 valence electrons. The van der Waals surface area contributed by atoms with Crippen LogP contribution in [0.15, 0.2) is 24.3 Å². The standard InChI is InChI=1S/C18H20N2O3S/c1-4-6-13-16(17(21)22)20-15(14(5-2)24-18(20)19-13)11-7-9-12(23-3)10-8-11/h7-10H,4-6H2,1-3H3,(H,21,22). The second kappa shape index (κ2) is 6.65. The average molecular weight is 344 g/mol. The fourth-order valence-corrected chi connectivity index (χ4v) is 4.01. The number of carbonyl (C=O) groups is 1. The number of hydrogen-bond acceptors (Lipinski definition) is 4. The van der Waals surface area contributed by atoms with E-state index in [1.165, 1.54) is 0 Å². The average Bonchev–Trinajstić information content (AvgIpc) is 3.10. The largest absolute Gasteiger partial charge is 0.497 e. The van der Waals surface area contributed by atoms with Gasteiger partial charge in [0.2, 0.25) is 0 Å². The molecule has 0 aliphatic heterocycles. The second-order valence-corrected chi connectivity index (χ2v) is 6.60. The Morgan fingerprint density at radius 1 is 1.29 bits per heavy atom. The SMILES string of the molecule is CCCc1nc2sc(CC)c(-c3ccc(OC)cc3)n2c1C(=O)O. The lowest BCUT2D eigenvalue weighted by atomic mass is 10.1. The number of fused-ring (bicyclic) bond motifs is 1. The van der Waals surface area contributed by atoms with Crippen molar-refractivity contribution in [1.29, 1.82) is 0 Å². The molecule has 0 atom stereocenters. The van der Waals surface area contributed by atoms with Gasteiger partial charge in [-0.3, -0.25) is 4.40 Å². The minimum absolute atomic E-state index is 0.286. The molecule has 0 unspecified atom stereocenters. The maximum absolute atomic E-state index is 11.9. The zero-order valence-electron chi connectivity index (χ0n) is 14.0. The monoisotopic (exact) mass is 344 g/mol. The van der Waals surface area contributed by atoms with Crippen molar-refractivity contribution in [2.45, 2.75) is 33.1 Å². The summed E-state index contributed by atoms with van der Waals surface area (Å²) in [4.78, 5) is 18.3. The fourth-order valence-electron chi connectivity index (χ4n) is 2.91. The van der Waals surface area contributed by atoms with E-state index in [0.29, 0.717) is 12.1 Å². The molecule has 0 aliphatic carbocycles. The fraction of sp³-hybridized carbons (Fsp3) is 0.333. The summed E-state index contributed by atoms with van der Waals surface area (Å²) in [6, 6.07) is 7.71. The molecule has 0 aliphatic rings. The maximum Gasteiger partial charge on any atom is 0.354 e. The van der Waals surface area contributed by atoms with E-state index in [-0.39, 0.29) is 5.69 Å². The molecule has 0 amide bonds. The number of aryl methyl sites for hydroxylation is 2. The van der Waals surface area contributed by atoms with Crippen LogP contribution in [0.1, 0.15) is 41.3 Å². The van der Waals surface area contributed by atoms with E-state index in [4.69, 9.17) is 4.74 Å². The van der Waals surface area contributed by atoms with Crippen molar-refractivity contribution < 1.29 is 14.6 Å². The van der Waals surface area contributed by atoms with Gasteiger partial charge in [0, 0.05) is 4.88 Å². The quantitative estimate of drug-likeness (QED) is 0.725. The van der Waals surface area contributed by atoms with Crippen LogP contribution in [0.2, 0.25) is 0 Å². The summed E-state index contributed by atoms with van der Waals surface area (Å²) in [6.07, 6.45) is 2.36. The number of thiazole rings is 1. The summed E-state index contributed by atoms with van der Waals surface area (Å²) >= 11 is 1.56. The van der Waals surface area contributed by atoms with Gasteiger partial charge in [0.1, 0.15) is 5.75 Å². The van der Waals surface area contributed by atoms with Gasteiger partial charge in [-0.15, -0.1) is 11.3 Å². The lowest BCUT2D eigenvalue weighted by molar-refractivity contribution is 0.0688. The minimum atomic E-state index is -0.929. The van der Waals surface area contributed by atoms with Crippen molar-refractivity contribution in [3.63, 3.8) is 0 Å². The minimum Gasteiger partial charge on any atom is -0.497 e. The summed E-state index contributed by atoms with van der Waals surface area (Å²) in [5.41, 5.74) is 2.84. The topological polar surface area (TPSA) is 63.8 Å². The van der Waals surface area contributed by atoms with Crippen LogP contribution < -0.4 is 4.74 Å². The van der Waals surface area contributed by atoms with Crippen molar-refractivity contribution in [1.82, 2.24) is 9.38 Å². The highest BCUT2D eigenvalue weighted by molar-refractivity contribution is 7.17. The maximum atomic E-state index is 11.9. The zero-order valence-corrected chi connectivity index (χ0v) is 14.8. The first-order valence-electron chi connectivity index (χ1n) is 8.01. The van der Waals surface area contributed by atoms with Crippen molar-refractivity contribution in [2.75, 3.05) is 7.11 Å². The number of benzene rings is 1. The number of nitrogens with zero attached hydrogens (tertiary/aromatic N) is 2. The summed E-state index contributed by atoms with van der Waals surface area (Å²) < 4.78 is 7.02. The Morgan fingerprint density at radius 3 is 2.54 bits per heavy atom. The zero-order chi connectivity index (χ0) is 17.3. The smallest absolute Gasteiger partial charge is 0.354 e. The highest BCUT2D eigenvalue weighted by Gasteiger charge is 2.24. The molecule has 0 bridgehead atoms. The van der Waals surface area contributed by atoms with Gasteiger partial charge in [0.05, 0.1) is 18.5 Å². The van der Waals surface area contributed by atoms with E-state index in [0.717, 1.165) is 39.7 Å². The molecule has 6 heteroatoms. The molecule has 5 nitrogen and oxygen atoms in total. The van der Waals surface area contributed by atoms with E-state index in [1.807, 2.05) is 31.2 Å². The number of aromatic nitrogens is 2. The molecule has 0 spiro atoms. The van der Waals surface area contributed by atoms with Gasteiger partial charge in [-0.2, -0.15) is 0 Å². The Kier molecular flexibility index (Phi) is 4.57. The third-order valence-corrected chi connectivity index (χ3v) is 5.18. The highest BCUT2D eigenvalue weighted by Crippen LogP contribution is 2.35. The number of hydrogen-bond donors (Lipinski definition) is 1. The number of rotatable bonds is 6. The van der Waals surface area contributed by atoms with Gasteiger partial charge in [-0.05, 0) is 42.7 Å². The Labute approximate surface area is 144 Å². The molecule has 0 fully saturated rings. The Hall–Kier alpha value is -2.34.